The van der Waals surface area contributed by atoms with Crippen LogP contribution in [0.2, 0.25) is 5.02 Å². The molecule has 1 saturated heterocycles. The van der Waals surface area contributed by atoms with E-state index in [4.69, 9.17) is 21.3 Å². The van der Waals surface area contributed by atoms with Gasteiger partial charge in [-0.2, -0.15) is 0 Å². The number of carbonyl (C=O) groups is 2. The average molecular weight is 547 g/mol. The van der Waals surface area contributed by atoms with Gasteiger partial charge in [0, 0.05) is 28.7 Å². The summed E-state index contributed by atoms with van der Waals surface area (Å²) < 4.78 is 5.57. The maximum absolute atomic E-state index is 13.6. The number of ether oxygens (including phenoxy) is 1. The van der Waals surface area contributed by atoms with E-state index in [0.29, 0.717) is 27.7 Å². The van der Waals surface area contributed by atoms with Crippen LogP contribution in [0.1, 0.15) is 24.9 Å². The molecule has 2 aliphatic rings. The molecule has 2 heterocycles. The van der Waals surface area contributed by atoms with Crippen LogP contribution in [0.3, 0.4) is 0 Å². The number of para-hydroxylation sites is 1. The Hall–Kier alpha value is -3.75. The first-order valence-electron chi connectivity index (χ1n) is 12.3. The van der Waals surface area contributed by atoms with E-state index in [-0.39, 0.29) is 24.5 Å². The van der Waals surface area contributed by atoms with Gasteiger partial charge < -0.3 is 20.3 Å². The molecule has 1 atom stereocenters. The third kappa shape index (κ3) is 6.03. The normalized spacial score (nSPS) is 16.8. The zero-order valence-electron chi connectivity index (χ0n) is 20.8. The average Bonchev–Trinajstić information content (AvgIpc) is 2.92. The zero-order valence-corrected chi connectivity index (χ0v) is 22.4. The van der Waals surface area contributed by atoms with Crippen molar-refractivity contribution in [3.63, 3.8) is 0 Å². The smallest absolute Gasteiger partial charge is 0.262 e. The van der Waals surface area contributed by atoms with Gasteiger partial charge in [0.25, 0.3) is 11.8 Å². The molecule has 3 aromatic carbocycles. The van der Waals surface area contributed by atoms with E-state index in [2.05, 4.69) is 15.5 Å². The number of hydrogen-bond acceptors (Lipinski definition) is 6. The van der Waals surface area contributed by atoms with Crippen molar-refractivity contribution in [2.45, 2.75) is 19.4 Å². The number of fused-ring (bicyclic) bond motifs is 1. The summed E-state index contributed by atoms with van der Waals surface area (Å²) >= 11 is 7.61. The van der Waals surface area contributed by atoms with Crippen molar-refractivity contribution in [2.75, 3.05) is 29.5 Å². The quantitative estimate of drug-likeness (QED) is 0.373. The number of halogens is 1. The van der Waals surface area contributed by atoms with Crippen LogP contribution >= 0.6 is 23.4 Å². The van der Waals surface area contributed by atoms with Crippen molar-refractivity contribution in [1.29, 1.82) is 0 Å². The van der Waals surface area contributed by atoms with Gasteiger partial charge in [-0.25, -0.2) is 4.99 Å². The number of amidine groups is 1. The van der Waals surface area contributed by atoms with E-state index in [9.17, 15) is 9.59 Å². The molecular weight excluding hydrogens is 520 g/mol. The Morgan fingerprint density at radius 1 is 1.03 bits per heavy atom. The summed E-state index contributed by atoms with van der Waals surface area (Å²) in [5.41, 5.74) is 3.53. The van der Waals surface area contributed by atoms with E-state index >= 15 is 0 Å². The topological polar surface area (TPSA) is 83.0 Å². The predicted octanol–water partition coefficient (Wildman–Crippen LogP) is 6.12. The lowest BCUT2D eigenvalue weighted by atomic mass is 9.93. The molecule has 0 bridgehead atoms. The number of aliphatic imine (C=N–C) groups is 1. The Kier molecular flexibility index (Phi) is 8.00. The molecule has 0 spiro atoms. The van der Waals surface area contributed by atoms with Gasteiger partial charge in [0.15, 0.2) is 11.8 Å². The summed E-state index contributed by atoms with van der Waals surface area (Å²) in [6.45, 7) is 2.53. The second-order valence-electron chi connectivity index (χ2n) is 8.93. The van der Waals surface area contributed by atoms with E-state index in [1.54, 1.807) is 36.0 Å². The largest absolute Gasteiger partial charge is 0.484 e. The number of anilines is 2. The second kappa shape index (κ2) is 11.8. The number of amides is 2. The molecule has 2 amide bonds. The lowest BCUT2D eigenvalue weighted by Crippen LogP contribution is -2.43. The number of thioether (sulfide) groups is 1. The Labute approximate surface area is 230 Å². The van der Waals surface area contributed by atoms with Crippen molar-refractivity contribution in [3.05, 3.63) is 101 Å². The molecule has 9 heteroatoms. The molecular formula is C29H27ClN4O3S. The Balaban J connectivity index is 1.38. The molecule has 5 rings (SSSR count). The number of hydrogen-bond donors (Lipinski definition) is 2. The van der Waals surface area contributed by atoms with Crippen LogP contribution < -0.4 is 15.4 Å². The number of nitrogens with one attached hydrogen (secondary N) is 2. The Morgan fingerprint density at radius 2 is 1.79 bits per heavy atom. The molecule has 1 fully saturated rings. The minimum Gasteiger partial charge on any atom is -0.484 e. The van der Waals surface area contributed by atoms with E-state index in [0.717, 1.165) is 35.1 Å². The molecule has 0 saturated carbocycles. The molecule has 7 nitrogen and oxygen atoms in total. The van der Waals surface area contributed by atoms with E-state index in [1.807, 2.05) is 61.5 Å². The molecule has 38 heavy (non-hydrogen) atoms. The third-order valence-electron chi connectivity index (χ3n) is 6.20. The number of rotatable bonds is 7. The number of benzene rings is 3. The first-order chi connectivity index (χ1) is 18.5. The fraction of sp³-hybridized carbons (Fsp3) is 0.207. The van der Waals surface area contributed by atoms with Gasteiger partial charge >= 0.3 is 0 Å². The van der Waals surface area contributed by atoms with Crippen LogP contribution in [0.4, 0.5) is 11.4 Å². The maximum atomic E-state index is 13.6. The van der Waals surface area contributed by atoms with Gasteiger partial charge in [0.2, 0.25) is 0 Å². The standard InChI is InChI=1S/C29H27ClN4O3S/c1-19-26(28(36)33-22-8-3-2-4-9-22)27(34-15-6-16-38-29(34)31-19)20-7-5-10-23(17-20)32-25(35)18-37-24-13-11-21(30)12-14-24/h2-5,7-14,17,27H,6,15-16,18H2,1H3,(H,32,35)(H,33,36). The lowest BCUT2D eigenvalue weighted by molar-refractivity contribution is -0.118. The van der Waals surface area contributed by atoms with Gasteiger partial charge in [-0.05, 0) is 67.4 Å². The predicted molar refractivity (Wildman–Crippen MR) is 154 cm³/mol. The SMILES string of the molecule is CC1=C(C(=O)Nc2ccccc2)C(c2cccc(NC(=O)COc3ccc(Cl)cc3)c2)N2CCCSC2=N1. The van der Waals surface area contributed by atoms with Gasteiger partial charge in [-0.15, -0.1) is 0 Å². The number of allylic oxidation sites excluding steroid dienone is 1. The van der Waals surface area contributed by atoms with Crippen molar-refractivity contribution >= 4 is 51.7 Å². The molecule has 3 aromatic rings. The van der Waals surface area contributed by atoms with Crippen LogP contribution in [0.25, 0.3) is 0 Å². The molecule has 0 radical (unpaired) electrons. The molecule has 2 N–H and O–H groups in total. The highest BCUT2D eigenvalue weighted by Crippen LogP contribution is 2.40. The van der Waals surface area contributed by atoms with Gasteiger partial charge in [0.05, 0.1) is 17.3 Å². The molecule has 0 aliphatic carbocycles. The number of carbonyl (C=O) groups excluding carboxylic acids is 2. The van der Waals surface area contributed by atoms with Crippen LogP contribution in [-0.2, 0) is 9.59 Å². The Bertz CT molecular complexity index is 1390. The summed E-state index contributed by atoms with van der Waals surface area (Å²) in [5.74, 6) is 1.07. The summed E-state index contributed by atoms with van der Waals surface area (Å²) in [6, 6.07) is 23.5. The second-order valence-corrected chi connectivity index (χ2v) is 10.4. The highest BCUT2D eigenvalue weighted by Gasteiger charge is 2.37. The lowest BCUT2D eigenvalue weighted by Gasteiger charge is -2.41. The molecule has 0 aromatic heterocycles. The highest BCUT2D eigenvalue weighted by molar-refractivity contribution is 8.13. The monoisotopic (exact) mass is 546 g/mol. The summed E-state index contributed by atoms with van der Waals surface area (Å²) in [4.78, 5) is 33.2. The third-order valence-corrected chi connectivity index (χ3v) is 7.53. The summed E-state index contributed by atoms with van der Waals surface area (Å²) in [6.07, 6.45) is 0.991. The highest BCUT2D eigenvalue weighted by atomic mass is 35.5. The van der Waals surface area contributed by atoms with Crippen LogP contribution in [0.15, 0.2) is 95.1 Å². The van der Waals surface area contributed by atoms with E-state index < -0.39 is 0 Å². The fourth-order valence-electron chi connectivity index (χ4n) is 4.49. The Morgan fingerprint density at radius 3 is 2.58 bits per heavy atom. The van der Waals surface area contributed by atoms with Gasteiger partial charge in [-0.1, -0.05) is 53.7 Å². The molecule has 1 unspecified atom stereocenters. The van der Waals surface area contributed by atoms with Crippen molar-refractivity contribution < 1.29 is 14.3 Å². The van der Waals surface area contributed by atoms with Crippen molar-refractivity contribution in [3.8, 4) is 5.75 Å². The van der Waals surface area contributed by atoms with E-state index in [1.165, 1.54) is 0 Å². The minimum absolute atomic E-state index is 0.140. The van der Waals surface area contributed by atoms with Gasteiger partial charge in [0.1, 0.15) is 5.75 Å². The number of nitrogens with zero attached hydrogens (tertiary/aromatic N) is 2. The van der Waals surface area contributed by atoms with Crippen molar-refractivity contribution in [1.82, 2.24) is 4.90 Å². The summed E-state index contributed by atoms with van der Waals surface area (Å²) in [7, 11) is 0. The molecule has 194 valence electrons. The minimum atomic E-state index is -0.332. The van der Waals surface area contributed by atoms with Gasteiger partial charge in [-0.3, -0.25) is 9.59 Å². The first-order valence-corrected chi connectivity index (χ1v) is 13.7. The fourth-order valence-corrected chi connectivity index (χ4v) is 5.63. The first kappa shape index (κ1) is 25.9. The summed E-state index contributed by atoms with van der Waals surface area (Å²) in [5, 5.41) is 7.45. The maximum Gasteiger partial charge on any atom is 0.262 e. The van der Waals surface area contributed by atoms with Crippen LogP contribution in [0.5, 0.6) is 5.75 Å². The zero-order chi connectivity index (χ0) is 26.5. The molecule has 2 aliphatic heterocycles. The van der Waals surface area contributed by atoms with Crippen LogP contribution in [-0.4, -0.2) is 40.8 Å². The van der Waals surface area contributed by atoms with Crippen LogP contribution in [0, 0.1) is 0 Å². The van der Waals surface area contributed by atoms with Crippen molar-refractivity contribution in [2.24, 2.45) is 4.99 Å².